The zero-order chi connectivity index (χ0) is 21.9. The van der Waals surface area contributed by atoms with Gasteiger partial charge in [0.1, 0.15) is 0 Å². The lowest BCUT2D eigenvalue weighted by Crippen LogP contribution is -2.48. The maximum Gasteiger partial charge on any atom is 0.309 e. The topological polar surface area (TPSA) is 110 Å². The van der Waals surface area contributed by atoms with Crippen molar-refractivity contribution < 1.29 is 27.5 Å². The molecule has 1 aromatic carbocycles. The fourth-order valence-electron chi connectivity index (χ4n) is 3.83. The summed E-state index contributed by atoms with van der Waals surface area (Å²) >= 11 is 5.84. The van der Waals surface area contributed by atoms with Crippen LogP contribution in [0.2, 0.25) is 5.02 Å². The van der Waals surface area contributed by atoms with Crippen molar-refractivity contribution in [3.63, 3.8) is 0 Å². The molecule has 30 heavy (non-hydrogen) atoms. The van der Waals surface area contributed by atoms with Crippen molar-refractivity contribution in [2.24, 2.45) is 5.92 Å². The number of likely N-dealkylation sites (tertiary alicyclic amines) is 1. The predicted molar refractivity (Wildman–Crippen MR) is 111 cm³/mol. The van der Waals surface area contributed by atoms with E-state index in [0.29, 0.717) is 42.9 Å². The quantitative estimate of drug-likeness (QED) is 0.671. The maximum absolute atomic E-state index is 12.5. The fourth-order valence-corrected chi connectivity index (χ4v) is 6.05. The number of esters is 1. The molecule has 1 N–H and O–H groups in total. The summed E-state index contributed by atoms with van der Waals surface area (Å²) in [5.41, 5.74) is -0.282. The van der Waals surface area contributed by atoms with E-state index in [1.54, 1.807) is 36.1 Å². The molecule has 8 nitrogen and oxygen atoms in total. The number of carbonyl (C=O) groups excluding carboxylic acids is 3. The second kappa shape index (κ2) is 8.93. The Bertz CT molecular complexity index is 925. The number of rotatable bonds is 5. The molecule has 0 aliphatic carbocycles. The minimum atomic E-state index is -3.14. The van der Waals surface area contributed by atoms with Gasteiger partial charge in [-0.25, -0.2) is 8.42 Å². The third-order valence-electron chi connectivity index (χ3n) is 5.50. The summed E-state index contributed by atoms with van der Waals surface area (Å²) in [7, 11) is -3.14. The van der Waals surface area contributed by atoms with Gasteiger partial charge in [0.25, 0.3) is 11.8 Å². The Labute approximate surface area is 180 Å². The first-order valence-electron chi connectivity index (χ1n) is 9.80. The summed E-state index contributed by atoms with van der Waals surface area (Å²) in [6.45, 7) is 2.07. The number of ether oxygens (including phenoxy) is 1. The molecular weight excluding hydrogens is 432 g/mol. The van der Waals surface area contributed by atoms with Crippen LogP contribution in [0, 0.1) is 5.92 Å². The van der Waals surface area contributed by atoms with Crippen LogP contribution in [0.4, 0.5) is 0 Å². The van der Waals surface area contributed by atoms with Crippen LogP contribution in [0.1, 0.15) is 36.5 Å². The summed E-state index contributed by atoms with van der Waals surface area (Å²) in [6, 6.07) is 6.65. The summed E-state index contributed by atoms with van der Waals surface area (Å²) in [6.07, 6.45) is 1.25. The van der Waals surface area contributed by atoms with E-state index in [0.717, 1.165) is 0 Å². The van der Waals surface area contributed by atoms with Crippen LogP contribution in [0.5, 0.6) is 0 Å². The number of nitrogens with one attached hydrogen (secondary N) is 1. The van der Waals surface area contributed by atoms with Crippen molar-refractivity contribution in [1.29, 1.82) is 0 Å². The summed E-state index contributed by atoms with van der Waals surface area (Å²) < 4.78 is 28.3. The molecule has 2 heterocycles. The van der Waals surface area contributed by atoms with Crippen molar-refractivity contribution in [2.45, 2.75) is 31.7 Å². The molecule has 0 bridgehead atoms. The van der Waals surface area contributed by atoms with Crippen molar-refractivity contribution >= 4 is 39.2 Å². The Morgan fingerprint density at radius 2 is 1.83 bits per heavy atom. The number of amides is 2. The van der Waals surface area contributed by atoms with Gasteiger partial charge in [0.2, 0.25) is 0 Å². The molecule has 0 radical (unpaired) electrons. The Kier molecular flexibility index (Phi) is 6.71. The van der Waals surface area contributed by atoms with Gasteiger partial charge >= 0.3 is 5.97 Å². The number of hydrogen-bond donors (Lipinski definition) is 1. The number of piperidine rings is 1. The van der Waals surface area contributed by atoms with E-state index in [4.69, 9.17) is 16.3 Å². The summed E-state index contributed by atoms with van der Waals surface area (Å²) in [4.78, 5) is 38.6. The van der Waals surface area contributed by atoms with E-state index in [1.165, 1.54) is 0 Å². The van der Waals surface area contributed by atoms with Crippen LogP contribution in [0.15, 0.2) is 24.3 Å². The minimum absolute atomic E-state index is 0.0386. The highest BCUT2D eigenvalue weighted by Crippen LogP contribution is 2.23. The molecular formula is C20H25ClN2O6S. The zero-order valence-electron chi connectivity index (χ0n) is 16.7. The zero-order valence-corrected chi connectivity index (χ0v) is 18.3. The number of carbonyl (C=O) groups is 3. The summed E-state index contributed by atoms with van der Waals surface area (Å²) in [5.74, 6) is -1.56. The molecule has 2 amide bonds. The first-order chi connectivity index (χ1) is 14.1. The van der Waals surface area contributed by atoms with E-state index < -0.39 is 33.9 Å². The Morgan fingerprint density at radius 3 is 2.40 bits per heavy atom. The van der Waals surface area contributed by atoms with E-state index in [9.17, 15) is 22.8 Å². The molecule has 1 aromatic rings. The number of halogens is 1. The molecule has 2 aliphatic heterocycles. The molecule has 0 aromatic heterocycles. The van der Waals surface area contributed by atoms with Crippen LogP contribution < -0.4 is 5.32 Å². The average molecular weight is 457 g/mol. The summed E-state index contributed by atoms with van der Waals surface area (Å²) in [5, 5.41) is 3.21. The van der Waals surface area contributed by atoms with Crippen molar-refractivity contribution in [2.75, 3.05) is 31.2 Å². The van der Waals surface area contributed by atoms with Gasteiger partial charge in [-0.15, -0.1) is 0 Å². The fraction of sp³-hybridized carbons (Fsp3) is 0.550. The van der Waals surface area contributed by atoms with Crippen LogP contribution in [-0.2, 0) is 24.2 Å². The van der Waals surface area contributed by atoms with Gasteiger partial charge in [-0.3, -0.25) is 14.4 Å². The van der Waals surface area contributed by atoms with Gasteiger partial charge in [0.05, 0.1) is 23.0 Å². The first kappa shape index (κ1) is 22.6. The smallest absolute Gasteiger partial charge is 0.309 e. The van der Waals surface area contributed by atoms with Gasteiger partial charge in [-0.2, -0.15) is 0 Å². The molecule has 0 unspecified atom stereocenters. The van der Waals surface area contributed by atoms with Gasteiger partial charge in [-0.05, 0) is 50.5 Å². The molecule has 2 fully saturated rings. The second-order valence-corrected chi connectivity index (χ2v) is 10.8. The van der Waals surface area contributed by atoms with Crippen molar-refractivity contribution in [1.82, 2.24) is 10.2 Å². The lowest BCUT2D eigenvalue weighted by atomic mass is 9.96. The highest BCUT2D eigenvalue weighted by atomic mass is 35.5. The lowest BCUT2D eigenvalue weighted by Gasteiger charge is -2.31. The van der Waals surface area contributed by atoms with Crippen molar-refractivity contribution in [3.05, 3.63) is 34.9 Å². The SMILES string of the molecule is C[C@]1(NC(=O)COC(=O)C2CCN(C(=O)c3ccc(Cl)cc3)CC2)CCS(=O)(=O)C1. The molecule has 0 saturated carbocycles. The monoisotopic (exact) mass is 456 g/mol. The molecule has 2 aliphatic rings. The molecule has 3 rings (SSSR count). The Balaban J connectivity index is 1.42. The van der Waals surface area contributed by atoms with E-state index in [2.05, 4.69) is 5.32 Å². The Hall–Kier alpha value is -2.13. The van der Waals surface area contributed by atoms with Crippen LogP contribution in [0.3, 0.4) is 0 Å². The van der Waals surface area contributed by atoms with Crippen LogP contribution >= 0.6 is 11.6 Å². The molecule has 164 valence electrons. The van der Waals surface area contributed by atoms with Crippen LogP contribution in [0.25, 0.3) is 0 Å². The molecule has 0 spiro atoms. The van der Waals surface area contributed by atoms with Gasteiger partial charge in [0.15, 0.2) is 16.4 Å². The predicted octanol–water partition coefficient (Wildman–Crippen LogP) is 1.43. The molecule has 2 saturated heterocycles. The highest BCUT2D eigenvalue weighted by Gasteiger charge is 2.39. The lowest BCUT2D eigenvalue weighted by molar-refractivity contribution is -0.154. The van der Waals surface area contributed by atoms with Gasteiger partial charge in [0, 0.05) is 23.7 Å². The number of nitrogens with zero attached hydrogens (tertiary/aromatic N) is 1. The largest absolute Gasteiger partial charge is 0.455 e. The van der Waals surface area contributed by atoms with E-state index in [-0.39, 0.29) is 23.3 Å². The van der Waals surface area contributed by atoms with Crippen molar-refractivity contribution in [3.8, 4) is 0 Å². The standard InChI is InChI=1S/C20H25ClN2O6S/c1-20(8-11-30(27,28)13-20)22-17(24)12-29-19(26)15-6-9-23(10-7-15)18(25)14-2-4-16(21)5-3-14/h2-5,15H,6-13H2,1H3,(H,22,24)/t20-/m0/s1. The van der Waals surface area contributed by atoms with Crippen LogP contribution in [-0.4, -0.2) is 67.8 Å². The number of hydrogen-bond acceptors (Lipinski definition) is 6. The Morgan fingerprint density at radius 1 is 1.20 bits per heavy atom. The van der Waals surface area contributed by atoms with E-state index >= 15 is 0 Å². The third-order valence-corrected chi connectivity index (χ3v) is 7.65. The van der Waals surface area contributed by atoms with E-state index in [1.807, 2.05) is 0 Å². The molecule has 10 heteroatoms. The van der Waals surface area contributed by atoms with Gasteiger partial charge in [-0.1, -0.05) is 11.6 Å². The third kappa shape index (κ3) is 5.72. The average Bonchev–Trinajstić information content (AvgIpc) is 2.98. The highest BCUT2D eigenvalue weighted by molar-refractivity contribution is 7.91. The van der Waals surface area contributed by atoms with Gasteiger partial charge < -0.3 is 15.0 Å². The second-order valence-electron chi connectivity index (χ2n) is 8.13. The minimum Gasteiger partial charge on any atom is -0.455 e. The molecule has 1 atom stereocenters. The maximum atomic E-state index is 12.5. The number of benzene rings is 1. The number of sulfone groups is 1. The normalized spacial score (nSPS) is 23.7. The first-order valence-corrected chi connectivity index (χ1v) is 12.0.